The van der Waals surface area contributed by atoms with Crippen molar-refractivity contribution in [1.82, 2.24) is 5.32 Å². The molecular formula is C13H23NO4. The van der Waals surface area contributed by atoms with Crippen molar-refractivity contribution in [2.75, 3.05) is 7.11 Å². The van der Waals surface area contributed by atoms with Crippen molar-refractivity contribution in [3.8, 4) is 0 Å². The van der Waals surface area contributed by atoms with E-state index in [4.69, 9.17) is 9.84 Å². The second-order valence-electron chi connectivity index (χ2n) is 5.07. The van der Waals surface area contributed by atoms with Crippen LogP contribution >= 0.6 is 0 Å². The number of methoxy groups -OCH3 is 1. The lowest BCUT2D eigenvalue weighted by molar-refractivity contribution is -0.138. The maximum atomic E-state index is 11.9. The maximum Gasteiger partial charge on any atom is 0.305 e. The Balaban J connectivity index is 2.42. The molecule has 1 saturated carbocycles. The highest BCUT2D eigenvalue weighted by molar-refractivity contribution is 5.78. The quantitative estimate of drug-likeness (QED) is 0.694. The number of ether oxygens (including phenoxy) is 1. The zero-order valence-electron chi connectivity index (χ0n) is 11.2. The first-order valence-corrected chi connectivity index (χ1v) is 6.57. The highest BCUT2D eigenvalue weighted by atomic mass is 16.5. The van der Waals surface area contributed by atoms with E-state index >= 15 is 0 Å². The molecule has 0 bridgehead atoms. The molecule has 1 atom stereocenters. The summed E-state index contributed by atoms with van der Waals surface area (Å²) in [5.41, 5.74) is -0.302. The Bertz CT molecular complexity index is 294. The molecule has 0 radical (unpaired) electrons. The molecule has 0 aromatic carbocycles. The van der Waals surface area contributed by atoms with E-state index in [2.05, 4.69) is 5.32 Å². The van der Waals surface area contributed by atoms with Crippen LogP contribution in [0, 0.1) is 0 Å². The van der Waals surface area contributed by atoms with Gasteiger partial charge in [0.25, 0.3) is 0 Å². The first-order valence-electron chi connectivity index (χ1n) is 6.57. The van der Waals surface area contributed by atoms with E-state index in [0.717, 1.165) is 25.7 Å². The zero-order valence-corrected chi connectivity index (χ0v) is 11.2. The number of carbonyl (C=O) groups is 2. The van der Waals surface area contributed by atoms with Crippen LogP contribution in [0.25, 0.3) is 0 Å². The third-order valence-electron chi connectivity index (χ3n) is 3.60. The molecule has 1 aliphatic rings. The first-order chi connectivity index (χ1) is 8.51. The number of aliphatic carboxylic acids is 1. The van der Waals surface area contributed by atoms with Crippen LogP contribution in [-0.2, 0) is 14.3 Å². The molecule has 1 amide bonds. The molecule has 0 aromatic heterocycles. The van der Waals surface area contributed by atoms with Gasteiger partial charge in [0.1, 0.15) is 0 Å². The third kappa shape index (κ3) is 4.29. The lowest BCUT2D eigenvalue weighted by atomic mass is 9.77. The van der Waals surface area contributed by atoms with Gasteiger partial charge in [-0.25, -0.2) is 0 Å². The largest absolute Gasteiger partial charge is 0.481 e. The number of hydrogen-bond donors (Lipinski definition) is 2. The Morgan fingerprint density at radius 1 is 1.44 bits per heavy atom. The zero-order chi connectivity index (χ0) is 13.6. The number of nitrogens with one attached hydrogen (secondary N) is 1. The summed E-state index contributed by atoms with van der Waals surface area (Å²) in [7, 11) is 1.63. The smallest absolute Gasteiger partial charge is 0.305 e. The predicted octanol–water partition coefficient (Wildman–Crippen LogP) is 1.71. The summed E-state index contributed by atoms with van der Waals surface area (Å²) in [6.07, 6.45) is 4.78. The van der Waals surface area contributed by atoms with Gasteiger partial charge in [0, 0.05) is 13.2 Å². The van der Waals surface area contributed by atoms with Gasteiger partial charge in [-0.15, -0.1) is 0 Å². The minimum atomic E-state index is -0.876. The van der Waals surface area contributed by atoms with Crippen molar-refractivity contribution in [2.24, 2.45) is 0 Å². The third-order valence-corrected chi connectivity index (χ3v) is 3.60. The molecule has 5 heteroatoms. The van der Waals surface area contributed by atoms with E-state index in [9.17, 15) is 9.59 Å². The Labute approximate surface area is 108 Å². The highest BCUT2D eigenvalue weighted by Gasteiger charge is 2.39. The van der Waals surface area contributed by atoms with Crippen LogP contribution in [0.15, 0.2) is 0 Å². The Kier molecular flexibility index (Phi) is 5.59. The Hall–Kier alpha value is -1.10. The molecule has 5 nitrogen and oxygen atoms in total. The summed E-state index contributed by atoms with van der Waals surface area (Å²) in [5, 5.41) is 11.6. The normalized spacial score (nSPS) is 18.8. The molecule has 0 aromatic rings. The van der Waals surface area contributed by atoms with Crippen molar-refractivity contribution in [3.05, 3.63) is 0 Å². The molecule has 0 heterocycles. The maximum absolute atomic E-state index is 11.9. The number of carbonyl (C=O) groups excluding carboxylic acids is 1. The average molecular weight is 257 g/mol. The second-order valence-corrected chi connectivity index (χ2v) is 5.07. The van der Waals surface area contributed by atoms with E-state index in [1.54, 1.807) is 7.11 Å². The molecule has 1 fully saturated rings. The van der Waals surface area contributed by atoms with Crippen LogP contribution in [0.3, 0.4) is 0 Å². The van der Waals surface area contributed by atoms with E-state index in [-0.39, 0.29) is 24.0 Å². The molecule has 0 spiro atoms. The number of carboxylic acid groups (broad SMARTS) is 1. The standard InChI is InChI=1S/C13H23NO4/c1-3-5-10(8-12(16)17)14-11(15)9-13(18-2)6-4-7-13/h10H,3-9H2,1-2H3,(H,14,15)(H,16,17). The van der Waals surface area contributed by atoms with Crippen molar-refractivity contribution in [3.63, 3.8) is 0 Å². The van der Waals surface area contributed by atoms with Crippen molar-refractivity contribution < 1.29 is 19.4 Å². The minimum Gasteiger partial charge on any atom is -0.481 e. The van der Waals surface area contributed by atoms with Crippen molar-refractivity contribution >= 4 is 11.9 Å². The molecule has 0 saturated heterocycles. The summed E-state index contributed by atoms with van der Waals surface area (Å²) in [5.74, 6) is -0.977. The van der Waals surface area contributed by atoms with E-state index in [0.29, 0.717) is 12.8 Å². The van der Waals surface area contributed by atoms with E-state index < -0.39 is 5.97 Å². The molecular weight excluding hydrogens is 234 g/mol. The van der Waals surface area contributed by atoms with E-state index in [1.165, 1.54) is 0 Å². The summed E-state index contributed by atoms with van der Waals surface area (Å²) >= 11 is 0. The fourth-order valence-corrected chi connectivity index (χ4v) is 2.38. The van der Waals surface area contributed by atoms with Gasteiger partial charge in [-0.2, -0.15) is 0 Å². The van der Waals surface area contributed by atoms with Crippen LogP contribution < -0.4 is 5.32 Å². The van der Waals surface area contributed by atoms with Crippen molar-refractivity contribution in [1.29, 1.82) is 0 Å². The summed E-state index contributed by atoms with van der Waals surface area (Å²) in [4.78, 5) is 22.6. The second kappa shape index (κ2) is 6.73. The Morgan fingerprint density at radius 2 is 2.11 bits per heavy atom. The van der Waals surface area contributed by atoms with Crippen molar-refractivity contribution in [2.45, 2.75) is 63.5 Å². The molecule has 2 N–H and O–H groups in total. The highest BCUT2D eigenvalue weighted by Crippen LogP contribution is 2.37. The van der Waals surface area contributed by atoms with Gasteiger partial charge >= 0.3 is 5.97 Å². The Morgan fingerprint density at radius 3 is 2.50 bits per heavy atom. The first kappa shape index (κ1) is 15.0. The predicted molar refractivity (Wildman–Crippen MR) is 67.3 cm³/mol. The minimum absolute atomic E-state index is 0.0143. The van der Waals surface area contributed by atoms with Crippen LogP contribution in [-0.4, -0.2) is 35.7 Å². The van der Waals surface area contributed by atoms with Gasteiger partial charge in [-0.1, -0.05) is 13.3 Å². The summed E-state index contributed by atoms with van der Waals surface area (Å²) in [6, 6.07) is -0.269. The molecule has 104 valence electrons. The lowest BCUT2D eigenvalue weighted by Gasteiger charge is -2.40. The van der Waals surface area contributed by atoms with Gasteiger partial charge in [0.05, 0.1) is 18.4 Å². The molecule has 18 heavy (non-hydrogen) atoms. The van der Waals surface area contributed by atoms with Gasteiger partial charge in [-0.05, 0) is 25.7 Å². The summed E-state index contributed by atoms with van der Waals surface area (Å²) in [6.45, 7) is 1.98. The average Bonchev–Trinajstić information content (AvgIpc) is 2.23. The van der Waals surface area contributed by atoms with Crippen LogP contribution in [0.4, 0.5) is 0 Å². The molecule has 1 unspecified atom stereocenters. The topological polar surface area (TPSA) is 75.6 Å². The summed E-state index contributed by atoms with van der Waals surface area (Å²) < 4.78 is 5.39. The fourth-order valence-electron chi connectivity index (χ4n) is 2.38. The molecule has 1 rings (SSSR count). The van der Waals surface area contributed by atoms with Gasteiger partial charge in [0.2, 0.25) is 5.91 Å². The number of amides is 1. The number of rotatable bonds is 8. The van der Waals surface area contributed by atoms with Gasteiger partial charge in [-0.3, -0.25) is 9.59 Å². The monoisotopic (exact) mass is 257 g/mol. The lowest BCUT2D eigenvalue weighted by Crippen LogP contribution is -2.46. The molecule has 0 aliphatic heterocycles. The number of carboxylic acids is 1. The van der Waals surface area contributed by atoms with Crippen LogP contribution in [0.2, 0.25) is 0 Å². The van der Waals surface area contributed by atoms with Gasteiger partial charge < -0.3 is 15.2 Å². The van der Waals surface area contributed by atoms with Crippen LogP contribution in [0.1, 0.15) is 51.9 Å². The van der Waals surface area contributed by atoms with Crippen LogP contribution in [0.5, 0.6) is 0 Å². The SMILES string of the molecule is CCCC(CC(=O)O)NC(=O)CC1(OC)CCC1. The van der Waals surface area contributed by atoms with E-state index in [1.807, 2.05) is 6.92 Å². The number of hydrogen-bond acceptors (Lipinski definition) is 3. The molecule has 1 aliphatic carbocycles. The van der Waals surface area contributed by atoms with Gasteiger partial charge in [0.15, 0.2) is 0 Å². The fraction of sp³-hybridized carbons (Fsp3) is 0.846.